The molecule has 4 aliphatic rings. The van der Waals surface area contributed by atoms with Crippen molar-refractivity contribution in [1.29, 1.82) is 0 Å². The van der Waals surface area contributed by atoms with Crippen LogP contribution in [0.2, 0.25) is 0 Å². The molecule has 4 fully saturated rings. The van der Waals surface area contributed by atoms with Crippen molar-refractivity contribution in [1.82, 2.24) is 0 Å². The number of carboxylic acid groups (broad SMARTS) is 1. The van der Waals surface area contributed by atoms with Crippen molar-refractivity contribution < 1.29 is 44.6 Å². The number of carboxylic acids is 1. The van der Waals surface area contributed by atoms with Crippen LogP contribution in [0.1, 0.15) is 91.4 Å². The van der Waals surface area contributed by atoms with Gasteiger partial charge in [0, 0.05) is 6.42 Å². The summed E-state index contributed by atoms with van der Waals surface area (Å²) in [5.41, 5.74) is 0.882. The van der Waals surface area contributed by atoms with E-state index in [1.54, 1.807) is 0 Å². The van der Waals surface area contributed by atoms with Gasteiger partial charge in [0.1, 0.15) is 0 Å². The fraction of sp³-hybridized carbons (Fsp3) is 0.958. The van der Waals surface area contributed by atoms with E-state index in [9.17, 15) is 9.90 Å². The third kappa shape index (κ3) is 3.76. The van der Waals surface area contributed by atoms with Gasteiger partial charge in [-0.05, 0) is 111 Å². The maximum absolute atomic E-state index is 11.0. The van der Waals surface area contributed by atoms with Crippen molar-refractivity contribution in [2.45, 2.75) is 97.5 Å². The molecule has 0 bridgehead atoms. The van der Waals surface area contributed by atoms with Gasteiger partial charge in [-0.15, -0.1) is 0 Å². The Morgan fingerprint density at radius 1 is 1.00 bits per heavy atom. The van der Waals surface area contributed by atoms with Gasteiger partial charge in [-0.25, -0.2) is 0 Å². The Morgan fingerprint density at radius 2 is 1.68 bits per heavy atom. The minimum atomic E-state index is -0.643. The maximum Gasteiger partial charge on any atom is 1.00 e. The molecule has 4 heteroatoms. The van der Waals surface area contributed by atoms with E-state index >= 15 is 0 Å². The Morgan fingerprint density at radius 3 is 2.39 bits per heavy atom. The van der Waals surface area contributed by atoms with Gasteiger partial charge < -0.3 is 10.2 Å². The Bertz CT molecular complexity index is 580. The van der Waals surface area contributed by atoms with Gasteiger partial charge in [-0.3, -0.25) is 4.79 Å². The number of hydrogen-bond acceptors (Lipinski definition) is 2. The standard InChI is InChI=1S/C24H40O3.Na/c1-15(4-9-22(26)27)19-7-8-20-18-6-5-16-14-17(25)10-12-23(16,2)21(18)11-13-24(19,20)3;/h15-21,25H,4-14H2,1-3H3,(H,26,27);/q;+1/t15-,16-,17-,18+,19-,20+,21+,23+,24-;/m1./s1. The monoisotopic (exact) mass is 399 g/mol. The number of hydrogen-bond donors (Lipinski definition) is 2. The number of carbonyl (C=O) groups is 1. The van der Waals surface area contributed by atoms with Crippen molar-refractivity contribution in [3.05, 3.63) is 0 Å². The Kier molecular flexibility index (Phi) is 7.03. The zero-order chi connectivity index (χ0) is 19.4. The van der Waals surface area contributed by atoms with Crippen molar-refractivity contribution in [2.75, 3.05) is 0 Å². The summed E-state index contributed by atoms with van der Waals surface area (Å²) < 4.78 is 0. The molecule has 0 saturated heterocycles. The van der Waals surface area contributed by atoms with E-state index in [0.717, 1.165) is 42.9 Å². The van der Waals surface area contributed by atoms with E-state index in [2.05, 4.69) is 20.8 Å². The first-order chi connectivity index (χ1) is 12.8. The van der Waals surface area contributed by atoms with Crippen molar-refractivity contribution in [3.63, 3.8) is 0 Å². The Balaban J connectivity index is 0.00000225. The summed E-state index contributed by atoms with van der Waals surface area (Å²) in [6.45, 7) is 7.43. The Hall–Kier alpha value is 0.430. The molecule has 2 N–H and O–H groups in total. The summed E-state index contributed by atoms with van der Waals surface area (Å²) in [6.07, 6.45) is 12.4. The van der Waals surface area contributed by atoms with Crippen LogP contribution in [0.4, 0.5) is 0 Å². The molecule has 0 aromatic heterocycles. The van der Waals surface area contributed by atoms with Crippen LogP contribution >= 0.6 is 0 Å². The molecule has 0 aromatic rings. The van der Waals surface area contributed by atoms with Crippen LogP contribution in [0.15, 0.2) is 0 Å². The van der Waals surface area contributed by atoms with Gasteiger partial charge in [-0.1, -0.05) is 20.8 Å². The number of aliphatic hydroxyl groups excluding tert-OH is 1. The van der Waals surface area contributed by atoms with Crippen LogP contribution in [-0.2, 0) is 4.79 Å². The van der Waals surface area contributed by atoms with E-state index in [-0.39, 0.29) is 35.7 Å². The van der Waals surface area contributed by atoms with Crippen LogP contribution in [-0.4, -0.2) is 22.3 Å². The predicted molar refractivity (Wildman–Crippen MR) is 107 cm³/mol. The molecule has 4 rings (SSSR count). The van der Waals surface area contributed by atoms with Gasteiger partial charge >= 0.3 is 35.5 Å². The maximum atomic E-state index is 11.0. The Labute approximate surface area is 193 Å². The fourth-order valence-electron chi connectivity index (χ4n) is 8.76. The molecule has 0 radical (unpaired) electrons. The zero-order valence-electron chi connectivity index (χ0n) is 18.6. The van der Waals surface area contributed by atoms with E-state index < -0.39 is 5.97 Å². The topological polar surface area (TPSA) is 57.5 Å². The van der Waals surface area contributed by atoms with Crippen molar-refractivity contribution >= 4 is 5.97 Å². The van der Waals surface area contributed by atoms with E-state index in [0.29, 0.717) is 29.1 Å². The van der Waals surface area contributed by atoms with E-state index in [4.69, 9.17) is 5.11 Å². The second-order valence-electron chi connectivity index (χ2n) is 11.2. The molecule has 0 unspecified atom stereocenters. The third-order valence-electron chi connectivity index (χ3n) is 10.2. The minimum absolute atomic E-state index is 0. The van der Waals surface area contributed by atoms with Crippen molar-refractivity contribution in [3.8, 4) is 0 Å². The minimum Gasteiger partial charge on any atom is -0.481 e. The molecule has 0 spiro atoms. The summed E-state index contributed by atoms with van der Waals surface area (Å²) in [5, 5.41) is 19.3. The van der Waals surface area contributed by atoms with Crippen LogP contribution in [0.5, 0.6) is 0 Å². The number of rotatable bonds is 4. The van der Waals surface area contributed by atoms with Crippen LogP contribution in [0, 0.1) is 46.3 Å². The molecule has 4 aliphatic carbocycles. The van der Waals surface area contributed by atoms with Gasteiger partial charge in [0.2, 0.25) is 0 Å². The van der Waals surface area contributed by atoms with Gasteiger partial charge in [-0.2, -0.15) is 0 Å². The largest absolute Gasteiger partial charge is 1.00 e. The fourth-order valence-corrected chi connectivity index (χ4v) is 8.76. The molecule has 28 heavy (non-hydrogen) atoms. The second kappa shape index (κ2) is 8.52. The van der Waals surface area contributed by atoms with Crippen LogP contribution < -0.4 is 29.6 Å². The summed E-state index contributed by atoms with van der Waals surface area (Å²) in [4.78, 5) is 11.0. The number of aliphatic carboxylic acids is 1. The SMILES string of the molecule is C[C@H](CCC(=O)O)[C@H]1CC[C@H]2[C@@H]3CC[C@@H]4C[C@H](O)CC[C@]4(C)[C@H]3CC[C@]12C.[Na+]. The molecular formula is C24H40NaO3+. The first-order valence-electron chi connectivity index (χ1n) is 11.7. The molecule has 0 heterocycles. The molecule has 154 valence electrons. The normalized spacial score (nSPS) is 48.6. The summed E-state index contributed by atoms with van der Waals surface area (Å²) in [5.74, 6) is 3.91. The first kappa shape index (κ1) is 23.1. The van der Waals surface area contributed by atoms with Gasteiger partial charge in [0.25, 0.3) is 0 Å². The molecule has 3 nitrogen and oxygen atoms in total. The number of aliphatic hydroxyl groups is 1. The molecule has 9 atom stereocenters. The molecule has 0 aliphatic heterocycles. The molecular weight excluding hydrogens is 359 g/mol. The molecule has 0 aromatic carbocycles. The summed E-state index contributed by atoms with van der Waals surface area (Å²) in [7, 11) is 0. The summed E-state index contributed by atoms with van der Waals surface area (Å²) in [6, 6.07) is 0. The van der Waals surface area contributed by atoms with Crippen LogP contribution in [0.3, 0.4) is 0 Å². The van der Waals surface area contributed by atoms with Crippen molar-refractivity contribution in [2.24, 2.45) is 46.3 Å². The molecule has 4 saturated carbocycles. The first-order valence-corrected chi connectivity index (χ1v) is 11.7. The smallest absolute Gasteiger partial charge is 0.481 e. The number of fused-ring (bicyclic) bond motifs is 5. The molecule has 0 amide bonds. The van der Waals surface area contributed by atoms with Gasteiger partial charge in [0.15, 0.2) is 0 Å². The average molecular weight is 400 g/mol. The van der Waals surface area contributed by atoms with Gasteiger partial charge in [0.05, 0.1) is 6.10 Å². The average Bonchev–Trinajstić information content (AvgIpc) is 2.97. The second-order valence-corrected chi connectivity index (χ2v) is 11.2. The van der Waals surface area contributed by atoms with E-state index in [1.165, 1.54) is 44.9 Å². The summed E-state index contributed by atoms with van der Waals surface area (Å²) >= 11 is 0. The van der Waals surface area contributed by atoms with Crippen LogP contribution in [0.25, 0.3) is 0 Å². The third-order valence-corrected chi connectivity index (χ3v) is 10.2. The van der Waals surface area contributed by atoms with E-state index in [1.807, 2.05) is 0 Å². The zero-order valence-corrected chi connectivity index (χ0v) is 20.6. The quantitative estimate of drug-likeness (QED) is 0.714. The predicted octanol–water partition coefficient (Wildman–Crippen LogP) is 2.51.